The fourth-order valence-corrected chi connectivity index (χ4v) is 12.4. The molecule has 2 unspecified atom stereocenters. The summed E-state index contributed by atoms with van der Waals surface area (Å²) >= 11 is 1.56. The van der Waals surface area contributed by atoms with Crippen molar-refractivity contribution in [3.63, 3.8) is 0 Å². The zero-order chi connectivity index (χ0) is 42.9. The average molecular weight is 862 g/mol. The average Bonchev–Trinajstić information content (AvgIpc) is 3.83. The van der Waals surface area contributed by atoms with E-state index in [1.165, 1.54) is 12.4 Å². The number of nitrogens with one attached hydrogen (secondary N) is 2. The molecule has 1 aliphatic heterocycles. The molecule has 1 fully saturated rings. The highest BCUT2D eigenvalue weighted by Gasteiger charge is 2.51. The van der Waals surface area contributed by atoms with Crippen molar-refractivity contribution in [2.75, 3.05) is 37.3 Å². The third-order valence-electron chi connectivity index (χ3n) is 10.3. The van der Waals surface area contributed by atoms with E-state index >= 15 is 0 Å². The van der Waals surface area contributed by atoms with Crippen LogP contribution in [0.15, 0.2) is 116 Å². The van der Waals surface area contributed by atoms with Gasteiger partial charge in [-0.2, -0.15) is 13.2 Å². The molecule has 2 aromatic heterocycles. The maximum Gasteiger partial charge on any atom is 0.471 e. The van der Waals surface area contributed by atoms with Crippen LogP contribution in [-0.4, -0.2) is 85.0 Å². The van der Waals surface area contributed by atoms with Gasteiger partial charge in [0.05, 0.1) is 24.0 Å². The number of alkyl halides is 3. The molecule has 16 heteroatoms. The van der Waals surface area contributed by atoms with Crippen molar-refractivity contribution in [1.82, 2.24) is 19.9 Å². The predicted octanol–water partition coefficient (Wildman–Crippen LogP) is 7.36. The van der Waals surface area contributed by atoms with Gasteiger partial charge in [-0.15, -0.1) is 11.8 Å². The van der Waals surface area contributed by atoms with Crippen molar-refractivity contribution in [2.45, 2.75) is 69.7 Å². The third kappa shape index (κ3) is 10.3. The van der Waals surface area contributed by atoms with Crippen LogP contribution in [0.3, 0.4) is 0 Å². The summed E-state index contributed by atoms with van der Waals surface area (Å²) in [6.45, 7) is 8.12. The molecular weight excluding hydrogens is 812 g/mol. The van der Waals surface area contributed by atoms with Gasteiger partial charge in [-0.05, 0) is 39.4 Å². The number of anilines is 1. The van der Waals surface area contributed by atoms with E-state index in [1.54, 1.807) is 42.1 Å². The van der Waals surface area contributed by atoms with Crippen LogP contribution in [0.2, 0.25) is 5.04 Å². The summed E-state index contributed by atoms with van der Waals surface area (Å²) in [7, 11) is -2.93. The molecule has 0 spiro atoms. The number of thioether (sulfide) groups is 1. The maximum absolute atomic E-state index is 13.2. The standard InChI is InChI=1S/C44H50F3N5O6SSi/c1-30(16-15-23-48-42(54)44(45,46)47)34-25-52(41-39(34)40(49-28-50-41)51-37(53)27-55-31-17-9-6-10-18-31)38-24-35(56-29-59-5)36(58-38)26-57-60(43(2,3)4,32-19-11-7-12-20-32)33-21-13-8-14-22-33/h6-22,25,28,30,35-36,38H,23-24,26-27,29H2,1-5H3,(H,48,54)(H,49,50,51,53)/b16-15+/t30?,35?,36-,38-/m1/s1. The van der Waals surface area contributed by atoms with Gasteiger partial charge in [0.2, 0.25) is 0 Å². The number of rotatable bonds is 17. The topological polar surface area (TPSA) is 126 Å². The minimum atomic E-state index is -5.00. The van der Waals surface area contributed by atoms with Crippen molar-refractivity contribution >= 4 is 59.1 Å². The van der Waals surface area contributed by atoms with E-state index in [2.05, 4.69) is 60.3 Å². The summed E-state index contributed by atoms with van der Waals surface area (Å²) in [5.74, 6) is -1.74. The largest absolute Gasteiger partial charge is 0.484 e. The molecule has 6 rings (SSSR count). The van der Waals surface area contributed by atoms with Crippen LogP contribution in [0.1, 0.15) is 51.8 Å². The van der Waals surface area contributed by atoms with Crippen LogP contribution in [0, 0.1) is 0 Å². The van der Waals surface area contributed by atoms with Crippen molar-refractivity contribution in [2.24, 2.45) is 0 Å². The van der Waals surface area contributed by atoms with Gasteiger partial charge >= 0.3 is 12.1 Å². The van der Waals surface area contributed by atoms with Crippen molar-refractivity contribution in [3.05, 3.63) is 121 Å². The lowest BCUT2D eigenvalue weighted by atomic mass is 10.0. The van der Waals surface area contributed by atoms with Gasteiger partial charge in [-0.1, -0.05) is 119 Å². The number of fused-ring (bicyclic) bond motifs is 1. The molecule has 318 valence electrons. The van der Waals surface area contributed by atoms with Crippen LogP contribution in [0.25, 0.3) is 11.0 Å². The molecule has 5 aromatic rings. The first-order valence-electron chi connectivity index (χ1n) is 19.6. The Morgan fingerprint density at radius 1 is 0.983 bits per heavy atom. The number of nitrogens with zero attached hydrogens (tertiary/aromatic N) is 3. The number of allylic oxidation sites excluding steroid dienone is 1. The molecule has 0 radical (unpaired) electrons. The second-order valence-corrected chi connectivity index (χ2v) is 20.6. The Labute approximate surface area is 353 Å². The smallest absolute Gasteiger partial charge is 0.471 e. The summed E-state index contributed by atoms with van der Waals surface area (Å²) < 4.78 is 66.7. The second kappa shape index (κ2) is 19.6. The number of hydrogen-bond donors (Lipinski definition) is 2. The van der Waals surface area contributed by atoms with E-state index in [1.807, 2.05) is 71.7 Å². The highest BCUT2D eigenvalue weighted by atomic mass is 32.2. The molecule has 2 N–H and O–H groups in total. The van der Waals surface area contributed by atoms with Crippen LogP contribution >= 0.6 is 11.8 Å². The van der Waals surface area contributed by atoms with Crippen LogP contribution in [-0.2, 0) is 23.5 Å². The van der Waals surface area contributed by atoms with Gasteiger partial charge in [-0.25, -0.2) is 9.97 Å². The fourth-order valence-electron chi connectivity index (χ4n) is 7.56. The lowest BCUT2D eigenvalue weighted by Crippen LogP contribution is -2.67. The SMILES string of the molecule is CSCOC1C[C@H](n2cc(C(C)/C=C/CNC(=O)C(F)(F)F)c3c(NC(=O)COc4ccccc4)ncnc32)O[C@@H]1CO[Si](c1ccccc1)(c1ccccc1)C(C)(C)C. The Morgan fingerprint density at radius 2 is 1.62 bits per heavy atom. The van der Waals surface area contributed by atoms with E-state index in [9.17, 15) is 22.8 Å². The number of carbonyl (C=O) groups is 2. The maximum atomic E-state index is 13.2. The Morgan fingerprint density at radius 3 is 2.22 bits per heavy atom. The minimum absolute atomic E-state index is 0.223. The summed E-state index contributed by atoms with van der Waals surface area (Å²) in [4.78, 5) is 33.8. The van der Waals surface area contributed by atoms with Crippen LogP contribution in [0.5, 0.6) is 5.75 Å². The molecule has 1 aliphatic rings. The number of hydrogen-bond acceptors (Lipinski definition) is 9. The third-order valence-corrected chi connectivity index (χ3v) is 15.7. The van der Waals surface area contributed by atoms with Crippen molar-refractivity contribution < 1.29 is 41.4 Å². The first-order valence-corrected chi connectivity index (χ1v) is 22.9. The van der Waals surface area contributed by atoms with E-state index in [0.717, 1.165) is 10.4 Å². The molecule has 3 heterocycles. The van der Waals surface area contributed by atoms with Gasteiger partial charge in [0.25, 0.3) is 14.2 Å². The fraction of sp³-hybridized carbons (Fsp3) is 0.364. The van der Waals surface area contributed by atoms with Gasteiger partial charge in [0, 0.05) is 25.1 Å². The molecular formula is C44H50F3N5O6SSi. The van der Waals surface area contributed by atoms with E-state index < -0.39 is 44.6 Å². The predicted molar refractivity (Wildman–Crippen MR) is 230 cm³/mol. The molecule has 1 saturated heterocycles. The van der Waals surface area contributed by atoms with Crippen LogP contribution in [0.4, 0.5) is 19.0 Å². The summed E-state index contributed by atoms with van der Waals surface area (Å²) in [5.41, 5.74) is 1.13. The van der Waals surface area contributed by atoms with Crippen LogP contribution < -0.4 is 25.7 Å². The molecule has 0 aliphatic carbocycles. The van der Waals surface area contributed by atoms with E-state index in [4.69, 9.17) is 18.6 Å². The molecule has 4 atom stereocenters. The number of amides is 2. The van der Waals surface area contributed by atoms with Gasteiger partial charge in [0.1, 0.15) is 35.9 Å². The molecule has 60 heavy (non-hydrogen) atoms. The molecule has 3 aromatic carbocycles. The van der Waals surface area contributed by atoms with Gasteiger partial charge in [0.15, 0.2) is 6.61 Å². The lowest BCUT2D eigenvalue weighted by molar-refractivity contribution is -0.173. The van der Waals surface area contributed by atoms with Crippen molar-refractivity contribution in [3.8, 4) is 5.75 Å². The Kier molecular flexibility index (Phi) is 14.5. The van der Waals surface area contributed by atoms with E-state index in [0.29, 0.717) is 34.7 Å². The monoisotopic (exact) mass is 861 g/mol. The number of para-hydroxylation sites is 1. The number of halogens is 3. The highest BCUT2D eigenvalue weighted by molar-refractivity contribution is 7.98. The zero-order valence-corrected chi connectivity index (χ0v) is 36.0. The summed E-state index contributed by atoms with van der Waals surface area (Å²) in [6, 6.07) is 29.7. The zero-order valence-electron chi connectivity index (χ0n) is 34.1. The Balaban J connectivity index is 1.33. The number of carbonyl (C=O) groups excluding carboxylic acids is 2. The van der Waals surface area contributed by atoms with Gasteiger partial charge < -0.3 is 33.8 Å². The summed E-state index contributed by atoms with van der Waals surface area (Å²) in [5, 5.41) is 7.25. The number of ether oxygens (including phenoxy) is 3. The highest BCUT2D eigenvalue weighted by Crippen LogP contribution is 2.41. The van der Waals surface area contributed by atoms with Gasteiger partial charge in [-0.3, -0.25) is 9.59 Å². The van der Waals surface area contributed by atoms with Crippen molar-refractivity contribution in [1.29, 1.82) is 0 Å². The first-order chi connectivity index (χ1) is 28.7. The number of benzene rings is 3. The van der Waals surface area contributed by atoms with E-state index in [-0.39, 0.29) is 36.7 Å². The Bertz CT molecular complexity index is 2180. The molecule has 0 bridgehead atoms. The lowest BCUT2D eigenvalue weighted by Gasteiger charge is -2.43. The normalized spacial score (nSPS) is 17.8. The second-order valence-electron chi connectivity index (χ2n) is 15.4. The first kappa shape index (κ1) is 44.5. The molecule has 2 amide bonds. The quantitative estimate of drug-likeness (QED) is 0.0561. The molecule has 0 saturated carbocycles. The minimum Gasteiger partial charge on any atom is -0.484 e. The Hall–Kier alpha value is -5.00. The summed E-state index contributed by atoms with van der Waals surface area (Å²) in [6.07, 6.45) is 2.34. The number of aromatic nitrogens is 3. The molecule has 11 nitrogen and oxygen atoms in total.